The molecule has 4 nitrogen and oxygen atoms in total. The van der Waals surface area contributed by atoms with Gasteiger partial charge in [0.1, 0.15) is 0 Å². The van der Waals surface area contributed by atoms with Gasteiger partial charge in [0.25, 0.3) is 0 Å². The van der Waals surface area contributed by atoms with Crippen molar-refractivity contribution in [2.24, 2.45) is 17.8 Å². The molecule has 1 aromatic carbocycles. The Kier molecular flexibility index (Phi) is 4.92. The van der Waals surface area contributed by atoms with E-state index >= 15 is 0 Å². The number of nitrogens with one attached hydrogen (secondary N) is 1. The van der Waals surface area contributed by atoms with Crippen LogP contribution < -0.4 is 5.32 Å². The monoisotopic (exact) mass is 379 g/mol. The van der Waals surface area contributed by atoms with Gasteiger partial charge in [-0.2, -0.15) is 0 Å². The van der Waals surface area contributed by atoms with E-state index in [9.17, 15) is 4.79 Å². The second-order valence-corrected chi connectivity index (χ2v) is 9.73. The molecule has 5 fully saturated rings. The Morgan fingerprint density at radius 1 is 0.964 bits per heavy atom. The minimum absolute atomic E-state index is 0.126. The molecule has 0 radical (unpaired) electrons. The van der Waals surface area contributed by atoms with Crippen LogP contribution in [0.3, 0.4) is 0 Å². The fraction of sp³-hybridized carbons (Fsp3) is 0.625. The highest BCUT2D eigenvalue weighted by atomic mass is 16.2. The zero-order valence-electron chi connectivity index (χ0n) is 16.9. The van der Waals surface area contributed by atoms with Gasteiger partial charge < -0.3 is 10.2 Å². The van der Waals surface area contributed by atoms with Gasteiger partial charge in [-0.3, -0.25) is 4.90 Å². The predicted molar refractivity (Wildman–Crippen MR) is 113 cm³/mol. The van der Waals surface area contributed by atoms with Crippen LogP contribution in [0.5, 0.6) is 0 Å². The van der Waals surface area contributed by atoms with Gasteiger partial charge in [0.2, 0.25) is 0 Å². The maximum Gasteiger partial charge on any atom is 0.317 e. The standard InChI is InChI=1S/C24H33N3O/c28-23(25-24-16-20-13-21(17-24)15-22(14-20)18-24)27-11-9-26(10-12-27)8-4-7-19-5-2-1-3-6-19/h1-7,20-22H,8-18H2,(H,25,28). The number of carbonyl (C=O) groups excluding carboxylic acids is 1. The molecule has 4 saturated carbocycles. The lowest BCUT2D eigenvalue weighted by molar-refractivity contribution is -0.0164. The third kappa shape index (κ3) is 3.84. The van der Waals surface area contributed by atoms with Crippen LogP contribution in [0, 0.1) is 17.8 Å². The number of benzene rings is 1. The summed E-state index contributed by atoms with van der Waals surface area (Å²) in [5.74, 6) is 2.62. The van der Waals surface area contributed by atoms with Crippen molar-refractivity contribution >= 4 is 12.1 Å². The molecule has 4 heteroatoms. The SMILES string of the molecule is O=C(NC12CC3CC(CC(C3)C1)C2)N1CCN(CC=Cc2ccccc2)CC1. The van der Waals surface area contributed by atoms with Crippen LogP contribution in [0.25, 0.3) is 6.08 Å². The largest absolute Gasteiger partial charge is 0.333 e. The van der Waals surface area contributed by atoms with Crippen molar-refractivity contribution in [1.29, 1.82) is 0 Å². The van der Waals surface area contributed by atoms with Crippen LogP contribution in [0.2, 0.25) is 0 Å². The van der Waals surface area contributed by atoms with Gasteiger partial charge >= 0.3 is 6.03 Å². The lowest BCUT2D eigenvalue weighted by Gasteiger charge is -2.57. The Hall–Kier alpha value is -1.81. The van der Waals surface area contributed by atoms with Crippen LogP contribution >= 0.6 is 0 Å². The highest BCUT2D eigenvalue weighted by Crippen LogP contribution is 2.55. The van der Waals surface area contributed by atoms with Gasteiger partial charge in [-0.25, -0.2) is 4.79 Å². The number of hydrogen-bond donors (Lipinski definition) is 1. The lowest BCUT2D eigenvalue weighted by atomic mass is 9.53. The summed E-state index contributed by atoms with van der Waals surface area (Å²) in [5, 5.41) is 3.53. The third-order valence-electron chi connectivity index (χ3n) is 7.54. The maximum absolute atomic E-state index is 13.0. The van der Waals surface area contributed by atoms with Crippen molar-refractivity contribution in [3.8, 4) is 0 Å². The Labute approximate surface area is 169 Å². The number of amides is 2. The molecular weight excluding hydrogens is 346 g/mol. The van der Waals surface area contributed by atoms with Gasteiger partial charge in [0.15, 0.2) is 0 Å². The van der Waals surface area contributed by atoms with Gasteiger partial charge in [-0.05, 0) is 61.8 Å². The van der Waals surface area contributed by atoms with E-state index in [4.69, 9.17) is 0 Å². The Morgan fingerprint density at radius 2 is 1.57 bits per heavy atom. The van der Waals surface area contributed by atoms with Crippen molar-refractivity contribution in [1.82, 2.24) is 15.1 Å². The molecule has 0 atom stereocenters. The summed E-state index contributed by atoms with van der Waals surface area (Å²) in [6.07, 6.45) is 12.4. The summed E-state index contributed by atoms with van der Waals surface area (Å²) < 4.78 is 0. The molecule has 0 spiro atoms. The first kappa shape index (κ1) is 18.2. The van der Waals surface area contributed by atoms with Gasteiger partial charge in [-0.15, -0.1) is 0 Å². The van der Waals surface area contributed by atoms with E-state index in [0.717, 1.165) is 50.5 Å². The Bertz CT molecular complexity index is 685. The smallest absolute Gasteiger partial charge is 0.317 e. The normalized spacial score (nSPS) is 34.9. The van der Waals surface area contributed by atoms with Crippen molar-refractivity contribution in [3.63, 3.8) is 0 Å². The van der Waals surface area contributed by atoms with E-state index in [1.165, 1.54) is 44.1 Å². The second kappa shape index (κ2) is 7.55. The first-order valence-electron chi connectivity index (χ1n) is 11.2. The van der Waals surface area contributed by atoms with Crippen molar-refractivity contribution in [2.45, 2.75) is 44.1 Å². The molecule has 1 saturated heterocycles. The molecule has 2 amide bonds. The number of urea groups is 1. The summed E-state index contributed by atoms with van der Waals surface area (Å²) in [4.78, 5) is 17.5. The minimum atomic E-state index is 0.126. The third-order valence-corrected chi connectivity index (χ3v) is 7.54. The summed E-state index contributed by atoms with van der Waals surface area (Å²) >= 11 is 0. The summed E-state index contributed by atoms with van der Waals surface area (Å²) in [6.45, 7) is 4.58. The molecule has 150 valence electrons. The molecule has 0 aromatic heterocycles. The van der Waals surface area contributed by atoms with E-state index in [2.05, 4.69) is 51.5 Å². The van der Waals surface area contributed by atoms with E-state index < -0.39 is 0 Å². The predicted octanol–water partition coefficient (Wildman–Crippen LogP) is 4.00. The Balaban J connectivity index is 1.10. The number of piperazine rings is 1. The van der Waals surface area contributed by atoms with Gasteiger partial charge in [0.05, 0.1) is 0 Å². The zero-order chi connectivity index (χ0) is 19.0. The molecule has 4 bridgehead atoms. The quantitative estimate of drug-likeness (QED) is 0.858. The number of carbonyl (C=O) groups is 1. The van der Waals surface area contributed by atoms with Crippen LogP contribution in [0.1, 0.15) is 44.1 Å². The fourth-order valence-electron chi connectivity index (χ4n) is 6.61. The van der Waals surface area contributed by atoms with E-state index in [-0.39, 0.29) is 11.6 Å². The molecule has 0 unspecified atom stereocenters. The molecule has 1 aromatic rings. The van der Waals surface area contributed by atoms with Crippen LogP contribution in [0.15, 0.2) is 36.4 Å². The molecular formula is C24H33N3O. The van der Waals surface area contributed by atoms with Crippen molar-refractivity contribution < 1.29 is 4.79 Å². The summed E-state index contributed by atoms with van der Waals surface area (Å²) in [7, 11) is 0. The molecule has 1 N–H and O–H groups in total. The lowest BCUT2D eigenvalue weighted by Crippen LogP contribution is -2.63. The average Bonchev–Trinajstić information content (AvgIpc) is 2.68. The molecule has 5 aliphatic rings. The molecule has 4 aliphatic carbocycles. The highest BCUT2D eigenvalue weighted by Gasteiger charge is 2.51. The molecule has 1 heterocycles. The van der Waals surface area contributed by atoms with E-state index in [1.807, 2.05) is 6.07 Å². The fourth-order valence-corrected chi connectivity index (χ4v) is 6.61. The Morgan fingerprint density at radius 3 is 2.18 bits per heavy atom. The highest BCUT2D eigenvalue weighted by molar-refractivity contribution is 5.75. The molecule has 1 aliphatic heterocycles. The number of hydrogen-bond acceptors (Lipinski definition) is 2. The van der Waals surface area contributed by atoms with Crippen molar-refractivity contribution in [3.05, 3.63) is 42.0 Å². The van der Waals surface area contributed by atoms with Gasteiger partial charge in [-0.1, -0.05) is 42.5 Å². The first-order valence-corrected chi connectivity index (χ1v) is 11.2. The van der Waals surface area contributed by atoms with Crippen molar-refractivity contribution in [2.75, 3.05) is 32.7 Å². The van der Waals surface area contributed by atoms with E-state index in [0.29, 0.717) is 0 Å². The van der Waals surface area contributed by atoms with Crippen LogP contribution in [-0.4, -0.2) is 54.1 Å². The second-order valence-electron chi connectivity index (χ2n) is 9.73. The maximum atomic E-state index is 13.0. The molecule has 6 rings (SSSR count). The molecule has 28 heavy (non-hydrogen) atoms. The number of rotatable bonds is 4. The van der Waals surface area contributed by atoms with E-state index in [1.54, 1.807) is 0 Å². The van der Waals surface area contributed by atoms with Crippen LogP contribution in [-0.2, 0) is 0 Å². The van der Waals surface area contributed by atoms with Crippen LogP contribution in [0.4, 0.5) is 4.79 Å². The number of nitrogens with zero attached hydrogens (tertiary/aromatic N) is 2. The first-order chi connectivity index (χ1) is 13.7. The van der Waals surface area contributed by atoms with Gasteiger partial charge in [0, 0.05) is 38.3 Å². The average molecular weight is 380 g/mol. The summed E-state index contributed by atoms with van der Waals surface area (Å²) in [5.41, 5.74) is 1.37. The zero-order valence-corrected chi connectivity index (χ0v) is 16.9. The summed E-state index contributed by atoms with van der Waals surface area (Å²) in [6, 6.07) is 10.6. The topological polar surface area (TPSA) is 35.6 Å². The minimum Gasteiger partial charge on any atom is -0.333 e.